The molecule has 1 amide bonds. The Hall–Kier alpha value is -2.50. The van der Waals surface area contributed by atoms with Crippen LogP contribution in [0.25, 0.3) is 11.1 Å². The van der Waals surface area contributed by atoms with Gasteiger partial charge in [0.2, 0.25) is 0 Å². The van der Waals surface area contributed by atoms with Crippen LogP contribution in [0.5, 0.6) is 5.75 Å². The molecule has 3 aromatic rings. The van der Waals surface area contributed by atoms with Crippen molar-refractivity contribution in [1.82, 2.24) is 0 Å². The van der Waals surface area contributed by atoms with E-state index < -0.39 is 20.1 Å². The van der Waals surface area contributed by atoms with Crippen molar-refractivity contribution >= 4 is 41.7 Å². The Balaban J connectivity index is 0.000000202. The van der Waals surface area contributed by atoms with Crippen molar-refractivity contribution in [2.75, 3.05) is 5.32 Å². The van der Waals surface area contributed by atoms with Gasteiger partial charge in [-0.15, -0.1) is 0 Å². The van der Waals surface area contributed by atoms with Gasteiger partial charge in [0.05, 0.1) is 0 Å². The second kappa shape index (κ2) is 9.62. The largest absolute Gasteiger partial charge is 0.0843 e. The number of hydrogen-bond donors (Lipinski definition) is 4. The number of halogens is 1. The summed E-state index contributed by atoms with van der Waals surface area (Å²) < 4.78 is 28.6. The normalized spacial score (nSPS) is 10.6. The number of nitrogens with one attached hydrogen (secondary N) is 1. The predicted octanol–water partition coefficient (Wildman–Crippen LogP) is 2.92. The number of benzene rings is 3. The van der Waals surface area contributed by atoms with Crippen LogP contribution in [0.1, 0.15) is 6.92 Å². The Labute approximate surface area is 170 Å². The van der Waals surface area contributed by atoms with E-state index in [1.807, 2.05) is 42.5 Å². The standard InChI is InChI=1S/C12H9Cl.C8H10AsNO5/c13-12-8-6-11(7-9-12)10-4-2-1-3-5-10;1-5(11)10-7-4-6(9(13,14)15)2-3-8(7)12/h1-9H;2-4,12H,1H3,(H,10,11)(H2,13,14,15). The molecule has 0 bridgehead atoms. The van der Waals surface area contributed by atoms with Crippen molar-refractivity contribution < 1.29 is 21.8 Å². The minimum atomic E-state index is -4.98. The summed E-state index contributed by atoms with van der Waals surface area (Å²) in [5, 5.41) is 12.3. The van der Waals surface area contributed by atoms with Gasteiger partial charge in [0.15, 0.2) is 0 Å². The molecule has 0 fully saturated rings. The molecule has 0 atom stereocenters. The fourth-order valence-corrected chi connectivity index (χ4v) is 3.58. The molecular formula is C20H19AsClNO5. The first-order valence-corrected chi connectivity index (χ1v) is 11.9. The van der Waals surface area contributed by atoms with Crippen LogP contribution in [0.3, 0.4) is 0 Å². The van der Waals surface area contributed by atoms with Crippen LogP contribution in [-0.2, 0) is 8.53 Å². The second-order valence-corrected chi connectivity index (χ2v) is 9.60. The zero-order valence-corrected chi connectivity index (χ0v) is 17.5. The van der Waals surface area contributed by atoms with E-state index >= 15 is 0 Å². The molecule has 0 aliphatic heterocycles. The smallest absolute Gasteiger partial charge is 0.0406 e. The molecule has 0 heterocycles. The van der Waals surface area contributed by atoms with Crippen LogP contribution < -0.4 is 9.67 Å². The number of rotatable bonds is 3. The molecule has 4 N–H and O–H groups in total. The molecule has 0 aliphatic rings. The first-order valence-electron chi connectivity index (χ1n) is 8.14. The molecule has 6 nitrogen and oxygen atoms in total. The van der Waals surface area contributed by atoms with Gasteiger partial charge in [-0.1, -0.05) is 54.1 Å². The zero-order valence-electron chi connectivity index (χ0n) is 14.9. The predicted molar refractivity (Wildman–Crippen MR) is 110 cm³/mol. The number of phenols is 1. The third-order valence-electron chi connectivity index (χ3n) is 3.58. The number of phenolic OH excluding ortho intramolecular Hbond substituents is 1. The van der Waals surface area contributed by atoms with Crippen LogP contribution in [0.4, 0.5) is 5.69 Å². The fraction of sp³-hybridized carbons (Fsp3) is 0.0500. The van der Waals surface area contributed by atoms with E-state index in [0.717, 1.165) is 23.2 Å². The number of amides is 1. The Bertz CT molecular complexity index is 987. The average molecular weight is 464 g/mol. The molecule has 0 aliphatic carbocycles. The van der Waals surface area contributed by atoms with Gasteiger partial charge in [0, 0.05) is 5.02 Å². The summed E-state index contributed by atoms with van der Waals surface area (Å²) in [6, 6.07) is 21.4. The summed E-state index contributed by atoms with van der Waals surface area (Å²) >= 11 is 0.815. The van der Waals surface area contributed by atoms with E-state index in [2.05, 4.69) is 17.4 Å². The Morgan fingerprint density at radius 2 is 1.50 bits per heavy atom. The first kappa shape index (κ1) is 21.8. The van der Waals surface area contributed by atoms with Gasteiger partial charge in [-0.05, 0) is 23.3 Å². The minimum Gasteiger partial charge on any atom is -0.0843 e. The van der Waals surface area contributed by atoms with Gasteiger partial charge >= 0.3 is 88.1 Å². The van der Waals surface area contributed by atoms with E-state index in [1.54, 1.807) is 0 Å². The topological polar surface area (TPSA) is 107 Å². The van der Waals surface area contributed by atoms with Gasteiger partial charge < -0.3 is 0 Å². The maximum atomic E-state index is 10.9. The van der Waals surface area contributed by atoms with E-state index in [9.17, 15) is 13.6 Å². The number of carbonyl (C=O) groups is 1. The van der Waals surface area contributed by atoms with E-state index in [-0.39, 0.29) is 15.8 Å². The summed E-state index contributed by atoms with van der Waals surface area (Å²) in [5.41, 5.74) is 2.41. The monoisotopic (exact) mass is 463 g/mol. The summed E-state index contributed by atoms with van der Waals surface area (Å²) in [4.78, 5) is 10.7. The van der Waals surface area contributed by atoms with Crippen molar-refractivity contribution in [3.8, 4) is 16.9 Å². The van der Waals surface area contributed by atoms with Crippen LogP contribution in [0.15, 0.2) is 72.8 Å². The first-order chi connectivity index (χ1) is 13.2. The van der Waals surface area contributed by atoms with Crippen LogP contribution >= 0.6 is 11.6 Å². The maximum Gasteiger partial charge on any atom is 0.0406 e. The molecule has 0 radical (unpaired) electrons. The molecule has 3 rings (SSSR count). The van der Waals surface area contributed by atoms with Crippen LogP contribution in [-0.4, -0.2) is 33.4 Å². The van der Waals surface area contributed by atoms with E-state index in [1.165, 1.54) is 18.1 Å². The molecule has 146 valence electrons. The maximum absolute atomic E-state index is 10.9. The molecule has 0 saturated heterocycles. The number of hydrogen-bond acceptors (Lipinski definition) is 3. The van der Waals surface area contributed by atoms with Crippen molar-refractivity contribution in [2.45, 2.75) is 6.92 Å². The Morgan fingerprint density at radius 1 is 0.929 bits per heavy atom. The van der Waals surface area contributed by atoms with Gasteiger partial charge in [-0.3, -0.25) is 0 Å². The molecule has 3 aromatic carbocycles. The molecular weight excluding hydrogens is 445 g/mol. The Kier molecular flexibility index (Phi) is 7.49. The quantitative estimate of drug-likeness (QED) is 0.353. The number of carbonyl (C=O) groups excluding carboxylic acids is 1. The third kappa shape index (κ3) is 6.59. The zero-order chi connectivity index (χ0) is 20.7. The van der Waals surface area contributed by atoms with Crippen LogP contribution in [0, 0.1) is 0 Å². The molecule has 0 spiro atoms. The molecule has 0 unspecified atom stereocenters. The van der Waals surface area contributed by atoms with Gasteiger partial charge in [0.25, 0.3) is 0 Å². The Morgan fingerprint density at radius 3 is 2.04 bits per heavy atom. The van der Waals surface area contributed by atoms with E-state index in [0.29, 0.717) is 0 Å². The van der Waals surface area contributed by atoms with Gasteiger partial charge in [-0.25, -0.2) is 0 Å². The minimum absolute atomic E-state index is 0.00951. The molecule has 0 saturated carbocycles. The average Bonchev–Trinajstić information content (AvgIpc) is 2.64. The van der Waals surface area contributed by atoms with Crippen molar-refractivity contribution in [3.63, 3.8) is 0 Å². The van der Waals surface area contributed by atoms with Gasteiger partial charge in [0.1, 0.15) is 0 Å². The SMILES string of the molecule is CC(=O)Nc1cc([As](=O)(O)O)ccc1O.Clc1ccc(-c2ccccc2)cc1. The van der Waals surface area contributed by atoms with Crippen molar-refractivity contribution in [1.29, 1.82) is 0 Å². The summed E-state index contributed by atoms with van der Waals surface area (Å²) in [6.45, 7) is 1.23. The van der Waals surface area contributed by atoms with Crippen molar-refractivity contribution in [2.24, 2.45) is 0 Å². The van der Waals surface area contributed by atoms with Crippen LogP contribution in [0.2, 0.25) is 5.02 Å². The summed E-state index contributed by atoms with van der Waals surface area (Å²) in [7, 11) is 0. The molecule has 8 heteroatoms. The summed E-state index contributed by atoms with van der Waals surface area (Å²) in [5.74, 6) is -0.668. The summed E-state index contributed by atoms with van der Waals surface area (Å²) in [6.07, 6.45) is 0. The molecule has 28 heavy (non-hydrogen) atoms. The number of aromatic hydroxyl groups is 1. The third-order valence-corrected chi connectivity index (χ3v) is 5.83. The fourth-order valence-electron chi connectivity index (χ4n) is 2.27. The number of anilines is 1. The second-order valence-electron chi connectivity index (χ2n) is 5.80. The molecule has 0 aromatic heterocycles. The van der Waals surface area contributed by atoms with Gasteiger partial charge in [-0.2, -0.15) is 0 Å². The van der Waals surface area contributed by atoms with Crippen molar-refractivity contribution in [3.05, 3.63) is 77.8 Å². The van der Waals surface area contributed by atoms with E-state index in [4.69, 9.17) is 19.8 Å².